The number of nitrogens with one attached hydrogen (secondary N) is 2. The number of carbonyl (C=O) groups excluding carboxylic acids is 1. The van der Waals surface area contributed by atoms with E-state index >= 15 is 0 Å². The third kappa shape index (κ3) is 4.73. The van der Waals surface area contributed by atoms with Crippen LogP contribution in [0.15, 0.2) is 24.5 Å². The Balaban J connectivity index is 0.00000140. The topological polar surface area (TPSA) is 84.7 Å². The van der Waals surface area contributed by atoms with E-state index in [1.165, 1.54) is 16.9 Å². The van der Waals surface area contributed by atoms with Gasteiger partial charge in [-0.3, -0.25) is 4.79 Å². The molecule has 0 radical (unpaired) electrons. The fraction of sp³-hybridized carbons (Fsp3) is 0.500. The average molecular weight is 439 g/mol. The molecule has 0 aromatic carbocycles. The molecule has 2 N–H and O–H groups in total. The molecule has 2 bridgehead atoms. The summed E-state index contributed by atoms with van der Waals surface area (Å²) in [6.45, 7) is 0. The van der Waals surface area contributed by atoms with E-state index in [2.05, 4.69) is 25.9 Å². The van der Waals surface area contributed by atoms with Crippen LogP contribution in [0.2, 0.25) is 0 Å². The standard InChI is InChI=1S/C16H17F3N6O.2ClH/c17-16(18,19)9-1-4-14(20-7-9)25-8-13(23-24-25)15(26)22-12-5-10-2-3-11(6-12)21-10;;/h1,4,7-8,10-12,21H,2-3,5-6H2,(H,22,26);2*1H. The molecule has 12 heteroatoms. The van der Waals surface area contributed by atoms with Crippen molar-refractivity contribution in [1.29, 1.82) is 0 Å². The molecule has 0 aliphatic carbocycles. The van der Waals surface area contributed by atoms with Gasteiger partial charge in [0.15, 0.2) is 11.5 Å². The van der Waals surface area contributed by atoms with E-state index in [0.717, 1.165) is 37.9 Å². The third-order valence-corrected chi connectivity index (χ3v) is 4.84. The van der Waals surface area contributed by atoms with E-state index in [9.17, 15) is 18.0 Å². The van der Waals surface area contributed by atoms with Crippen molar-refractivity contribution in [1.82, 2.24) is 30.6 Å². The van der Waals surface area contributed by atoms with Crippen LogP contribution in [0.1, 0.15) is 41.7 Å². The predicted octanol–water partition coefficient (Wildman–Crippen LogP) is 2.54. The average Bonchev–Trinajstić information content (AvgIpc) is 3.21. The minimum atomic E-state index is -4.45. The number of nitrogens with zero attached hydrogens (tertiary/aromatic N) is 4. The van der Waals surface area contributed by atoms with E-state index in [1.807, 2.05) is 0 Å². The zero-order valence-electron chi connectivity index (χ0n) is 14.5. The molecule has 4 rings (SSSR count). The largest absolute Gasteiger partial charge is 0.417 e. The molecule has 2 unspecified atom stereocenters. The summed E-state index contributed by atoms with van der Waals surface area (Å²) in [7, 11) is 0. The van der Waals surface area contributed by atoms with Crippen LogP contribution in [-0.2, 0) is 6.18 Å². The van der Waals surface area contributed by atoms with Gasteiger partial charge in [0.1, 0.15) is 0 Å². The molecule has 2 aromatic rings. The molecule has 4 heterocycles. The fourth-order valence-electron chi connectivity index (χ4n) is 3.60. The van der Waals surface area contributed by atoms with Gasteiger partial charge in [-0.15, -0.1) is 29.9 Å². The zero-order valence-corrected chi connectivity index (χ0v) is 16.2. The van der Waals surface area contributed by atoms with Crippen LogP contribution >= 0.6 is 24.8 Å². The summed E-state index contributed by atoms with van der Waals surface area (Å²) >= 11 is 0. The highest BCUT2D eigenvalue weighted by atomic mass is 35.5. The molecule has 2 saturated heterocycles. The van der Waals surface area contributed by atoms with Crippen molar-refractivity contribution in [3.63, 3.8) is 0 Å². The monoisotopic (exact) mass is 438 g/mol. The lowest BCUT2D eigenvalue weighted by molar-refractivity contribution is -0.137. The Morgan fingerprint density at radius 2 is 1.86 bits per heavy atom. The van der Waals surface area contributed by atoms with E-state index in [1.54, 1.807) is 0 Å². The molecule has 2 fully saturated rings. The van der Waals surface area contributed by atoms with Gasteiger partial charge in [-0.25, -0.2) is 9.67 Å². The number of alkyl halides is 3. The second-order valence-corrected chi connectivity index (χ2v) is 6.73. The number of carbonyl (C=O) groups is 1. The van der Waals surface area contributed by atoms with Crippen LogP contribution in [0.4, 0.5) is 13.2 Å². The maximum absolute atomic E-state index is 12.6. The molecular formula is C16H19Cl2F3N6O. The molecular weight excluding hydrogens is 420 g/mol. The van der Waals surface area contributed by atoms with Gasteiger partial charge in [0.2, 0.25) is 0 Å². The normalized spacial score (nSPS) is 23.5. The van der Waals surface area contributed by atoms with Crippen LogP contribution in [0.3, 0.4) is 0 Å². The first kappa shape index (κ1) is 22.4. The Hall–Kier alpha value is -1.91. The lowest BCUT2D eigenvalue weighted by Crippen LogP contribution is -2.48. The minimum absolute atomic E-state index is 0. The van der Waals surface area contributed by atoms with Gasteiger partial charge in [-0.1, -0.05) is 5.21 Å². The number of hydrogen-bond donors (Lipinski definition) is 2. The summed E-state index contributed by atoms with van der Waals surface area (Å²) in [6, 6.07) is 3.09. The highest BCUT2D eigenvalue weighted by Gasteiger charge is 2.34. The molecule has 28 heavy (non-hydrogen) atoms. The van der Waals surface area contributed by atoms with Gasteiger partial charge in [0, 0.05) is 24.3 Å². The number of rotatable bonds is 3. The molecule has 0 saturated carbocycles. The molecule has 7 nitrogen and oxygen atoms in total. The lowest BCUT2D eigenvalue weighted by atomic mass is 10.00. The number of pyridine rings is 1. The molecule has 2 atom stereocenters. The molecule has 2 aromatic heterocycles. The Bertz CT molecular complexity index is 801. The summed E-state index contributed by atoms with van der Waals surface area (Å²) in [6.07, 6.45) is 1.67. The van der Waals surface area contributed by atoms with Gasteiger partial charge in [0.25, 0.3) is 5.91 Å². The van der Waals surface area contributed by atoms with Gasteiger partial charge < -0.3 is 10.6 Å². The maximum atomic E-state index is 12.6. The van der Waals surface area contributed by atoms with Crippen LogP contribution < -0.4 is 10.6 Å². The highest BCUT2D eigenvalue weighted by Crippen LogP contribution is 2.29. The Morgan fingerprint density at radius 1 is 1.18 bits per heavy atom. The third-order valence-electron chi connectivity index (χ3n) is 4.84. The first-order valence-corrected chi connectivity index (χ1v) is 8.41. The van der Waals surface area contributed by atoms with Crippen molar-refractivity contribution in [3.8, 4) is 5.82 Å². The molecule has 154 valence electrons. The Morgan fingerprint density at radius 3 is 2.43 bits per heavy atom. The fourth-order valence-corrected chi connectivity index (χ4v) is 3.60. The van der Waals surface area contributed by atoms with Gasteiger partial charge >= 0.3 is 6.18 Å². The first-order chi connectivity index (χ1) is 12.4. The number of hydrogen-bond acceptors (Lipinski definition) is 5. The van der Waals surface area contributed by atoms with E-state index in [0.29, 0.717) is 12.1 Å². The van der Waals surface area contributed by atoms with Crippen molar-refractivity contribution in [2.24, 2.45) is 0 Å². The van der Waals surface area contributed by atoms with E-state index in [4.69, 9.17) is 0 Å². The summed E-state index contributed by atoms with van der Waals surface area (Å²) < 4.78 is 38.9. The molecule has 0 spiro atoms. The number of aromatic nitrogens is 4. The second kappa shape index (κ2) is 8.62. The summed E-state index contributed by atoms with van der Waals surface area (Å²) in [4.78, 5) is 16.1. The summed E-state index contributed by atoms with van der Waals surface area (Å²) in [5, 5.41) is 14.1. The zero-order chi connectivity index (χ0) is 18.3. The van der Waals surface area contributed by atoms with Crippen molar-refractivity contribution >= 4 is 30.7 Å². The first-order valence-electron chi connectivity index (χ1n) is 8.41. The van der Waals surface area contributed by atoms with E-state index < -0.39 is 11.7 Å². The predicted molar refractivity (Wildman–Crippen MR) is 99.1 cm³/mol. The lowest BCUT2D eigenvalue weighted by Gasteiger charge is -2.29. The minimum Gasteiger partial charge on any atom is -0.348 e. The van der Waals surface area contributed by atoms with Gasteiger partial charge in [0.05, 0.1) is 11.8 Å². The second-order valence-electron chi connectivity index (χ2n) is 6.73. The quantitative estimate of drug-likeness (QED) is 0.768. The highest BCUT2D eigenvalue weighted by molar-refractivity contribution is 5.92. The number of amides is 1. The number of piperidine rings is 1. The Kier molecular flexibility index (Phi) is 6.89. The number of fused-ring (bicyclic) bond motifs is 2. The smallest absolute Gasteiger partial charge is 0.348 e. The van der Waals surface area contributed by atoms with Crippen LogP contribution in [0.25, 0.3) is 5.82 Å². The van der Waals surface area contributed by atoms with Crippen molar-refractivity contribution in [3.05, 3.63) is 35.8 Å². The molecule has 2 aliphatic heterocycles. The van der Waals surface area contributed by atoms with Gasteiger partial charge in [-0.2, -0.15) is 13.2 Å². The van der Waals surface area contributed by atoms with Crippen molar-refractivity contribution < 1.29 is 18.0 Å². The van der Waals surface area contributed by atoms with Gasteiger partial charge in [-0.05, 0) is 37.8 Å². The van der Waals surface area contributed by atoms with Crippen LogP contribution in [0.5, 0.6) is 0 Å². The van der Waals surface area contributed by atoms with E-state index in [-0.39, 0.29) is 48.3 Å². The summed E-state index contributed by atoms with van der Waals surface area (Å²) in [5.41, 5.74) is -0.738. The SMILES string of the molecule is Cl.Cl.O=C(NC1CC2CCC(C1)N2)c1cn(-c2ccc(C(F)(F)F)cn2)nn1. The maximum Gasteiger partial charge on any atom is 0.417 e. The molecule has 1 amide bonds. The van der Waals surface area contributed by atoms with Crippen LogP contribution in [0, 0.1) is 0 Å². The Labute approximate surface area is 171 Å². The van der Waals surface area contributed by atoms with Crippen molar-refractivity contribution in [2.75, 3.05) is 0 Å². The number of halogens is 5. The summed E-state index contributed by atoms with van der Waals surface area (Å²) in [5.74, 6) is -0.182. The molecule has 2 aliphatic rings. The van der Waals surface area contributed by atoms with Crippen LogP contribution in [-0.4, -0.2) is 44.0 Å². The van der Waals surface area contributed by atoms with Crippen molar-refractivity contribution in [2.45, 2.75) is 50.0 Å².